The number of aryl methyl sites for hydroxylation is 1. The van der Waals surface area contributed by atoms with Crippen molar-refractivity contribution < 1.29 is 18.3 Å². The number of aromatic nitrogens is 1. The van der Waals surface area contributed by atoms with Crippen LogP contribution in [0.2, 0.25) is 0 Å². The minimum Gasteiger partial charge on any atom is -0.481 e. The fourth-order valence-corrected chi connectivity index (χ4v) is 2.01. The number of nitrogens with one attached hydrogen (secondary N) is 1. The monoisotopic (exact) mass is 244 g/mol. The van der Waals surface area contributed by atoms with Gasteiger partial charge in [0.25, 0.3) is 0 Å². The summed E-state index contributed by atoms with van der Waals surface area (Å²) in [4.78, 5) is 14.2. The molecule has 0 aliphatic heterocycles. The summed E-state index contributed by atoms with van der Waals surface area (Å²) in [6.07, 6.45) is -0.429. The molecule has 88 valence electrons. The standard InChI is InChI=1S/C9H12N2O4S/c1-7-3-2-4-8(10-7)11-16(14,15)6-5-9(12)13/h2-4H,5-6H2,1H3,(H,10,11)(H,12,13). The minimum atomic E-state index is -3.64. The maximum absolute atomic E-state index is 11.4. The molecule has 16 heavy (non-hydrogen) atoms. The molecule has 6 nitrogen and oxygen atoms in total. The maximum Gasteiger partial charge on any atom is 0.304 e. The Balaban J connectivity index is 2.69. The smallest absolute Gasteiger partial charge is 0.304 e. The second kappa shape index (κ2) is 4.93. The first-order valence-electron chi connectivity index (χ1n) is 4.55. The number of hydrogen-bond donors (Lipinski definition) is 2. The molecule has 0 saturated carbocycles. The van der Waals surface area contributed by atoms with E-state index in [0.717, 1.165) is 0 Å². The minimum absolute atomic E-state index is 0.199. The Morgan fingerprint density at radius 2 is 2.19 bits per heavy atom. The zero-order chi connectivity index (χ0) is 12.2. The van der Waals surface area contributed by atoms with Gasteiger partial charge in [-0.25, -0.2) is 13.4 Å². The normalized spacial score (nSPS) is 11.1. The molecule has 0 fully saturated rings. The van der Waals surface area contributed by atoms with Crippen molar-refractivity contribution >= 4 is 21.8 Å². The highest BCUT2D eigenvalue weighted by Gasteiger charge is 2.13. The summed E-state index contributed by atoms with van der Waals surface area (Å²) in [5.41, 5.74) is 0.679. The number of pyridine rings is 1. The van der Waals surface area contributed by atoms with Gasteiger partial charge in [0.1, 0.15) is 5.82 Å². The fraction of sp³-hybridized carbons (Fsp3) is 0.333. The molecule has 0 aliphatic rings. The zero-order valence-electron chi connectivity index (χ0n) is 8.67. The van der Waals surface area contributed by atoms with Crippen molar-refractivity contribution in [3.8, 4) is 0 Å². The molecule has 2 N–H and O–H groups in total. The lowest BCUT2D eigenvalue weighted by molar-refractivity contribution is -0.136. The Morgan fingerprint density at radius 3 is 2.75 bits per heavy atom. The van der Waals surface area contributed by atoms with Crippen molar-refractivity contribution in [2.24, 2.45) is 0 Å². The third kappa shape index (κ3) is 4.26. The van der Waals surface area contributed by atoms with E-state index in [9.17, 15) is 13.2 Å². The van der Waals surface area contributed by atoms with Gasteiger partial charge in [0.2, 0.25) is 10.0 Å². The molecular weight excluding hydrogens is 232 g/mol. The highest BCUT2D eigenvalue weighted by Crippen LogP contribution is 2.07. The lowest BCUT2D eigenvalue weighted by Gasteiger charge is -2.06. The number of carbonyl (C=O) groups is 1. The van der Waals surface area contributed by atoms with E-state index >= 15 is 0 Å². The van der Waals surface area contributed by atoms with Crippen LogP contribution in [0.1, 0.15) is 12.1 Å². The first kappa shape index (κ1) is 12.4. The summed E-state index contributed by atoms with van der Waals surface area (Å²) >= 11 is 0. The molecule has 0 saturated heterocycles. The van der Waals surface area contributed by atoms with E-state index in [4.69, 9.17) is 5.11 Å². The molecule has 1 aromatic heterocycles. The second-order valence-corrected chi connectivity index (χ2v) is 5.07. The molecular formula is C9H12N2O4S. The van der Waals surface area contributed by atoms with Crippen LogP contribution < -0.4 is 4.72 Å². The average Bonchev–Trinajstić information content (AvgIpc) is 2.14. The van der Waals surface area contributed by atoms with Crippen molar-refractivity contribution in [3.63, 3.8) is 0 Å². The van der Waals surface area contributed by atoms with E-state index in [1.807, 2.05) is 0 Å². The predicted octanol–water partition coefficient (Wildman–Crippen LogP) is 0.606. The first-order valence-corrected chi connectivity index (χ1v) is 6.20. The quantitative estimate of drug-likeness (QED) is 0.790. The molecule has 1 rings (SSSR count). The highest BCUT2D eigenvalue weighted by atomic mass is 32.2. The molecule has 0 radical (unpaired) electrons. The van der Waals surface area contributed by atoms with E-state index in [2.05, 4.69) is 9.71 Å². The second-order valence-electron chi connectivity index (χ2n) is 3.23. The lowest BCUT2D eigenvalue weighted by Crippen LogP contribution is -2.19. The van der Waals surface area contributed by atoms with E-state index in [0.29, 0.717) is 5.69 Å². The van der Waals surface area contributed by atoms with Crippen molar-refractivity contribution in [1.29, 1.82) is 0 Å². The van der Waals surface area contributed by atoms with Gasteiger partial charge in [-0.05, 0) is 19.1 Å². The summed E-state index contributed by atoms with van der Waals surface area (Å²) in [5.74, 6) is -1.41. The summed E-state index contributed by atoms with van der Waals surface area (Å²) in [5, 5.41) is 8.38. The van der Waals surface area contributed by atoms with E-state index in [1.165, 1.54) is 6.07 Å². The maximum atomic E-state index is 11.4. The molecule has 0 spiro atoms. The molecule has 0 unspecified atom stereocenters. The van der Waals surface area contributed by atoms with Crippen LogP contribution >= 0.6 is 0 Å². The topological polar surface area (TPSA) is 96.4 Å². The van der Waals surface area contributed by atoms with Gasteiger partial charge in [0.05, 0.1) is 12.2 Å². The number of sulfonamides is 1. The molecule has 1 aromatic rings. The molecule has 0 aromatic carbocycles. The number of hydrogen-bond acceptors (Lipinski definition) is 4. The van der Waals surface area contributed by atoms with Crippen LogP contribution in [0.5, 0.6) is 0 Å². The Bertz CT molecular complexity index is 484. The predicted molar refractivity (Wildman–Crippen MR) is 58.6 cm³/mol. The summed E-state index contributed by atoms with van der Waals surface area (Å²) < 4.78 is 25.0. The Labute approximate surface area is 93.4 Å². The van der Waals surface area contributed by atoms with Crippen molar-refractivity contribution in [2.75, 3.05) is 10.5 Å². The van der Waals surface area contributed by atoms with Gasteiger partial charge < -0.3 is 5.11 Å². The Morgan fingerprint density at radius 1 is 1.50 bits per heavy atom. The van der Waals surface area contributed by atoms with Gasteiger partial charge in [-0.3, -0.25) is 9.52 Å². The van der Waals surface area contributed by atoms with Crippen LogP contribution in [0, 0.1) is 6.92 Å². The average molecular weight is 244 g/mol. The fourth-order valence-electron chi connectivity index (χ4n) is 1.03. The van der Waals surface area contributed by atoms with Gasteiger partial charge >= 0.3 is 5.97 Å². The van der Waals surface area contributed by atoms with Crippen LogP contribution in [0.15, 0.2) is 18.2 Å². The third-order valence-corrected chi connectivity index (χ3v) is 2.99. The molecule has 7 heteroatoms. The summed E-state index contributed by atoms with van der Waals surface area (Å²) in [6.45, 7) is 1.73. The van der Waals surface area contributed by atoms with Gasteiger partial charge in [-0.15, -0.1) is 0 Å². The Hall–Kier alpha value is -1.63. The van der Waals surface area contributed by atoms with Crippen molar-refractivity contribution in [1.82, 2.24) is 4.98 Å². The lowest BCUT2D eigenvalue weighted by atomic mass is 10.4. The molecule has 1 heterocycles. The van der Waals surface area contributed by atoms with Crippen LogP contribution in [0.4, 0.5) is 5.82 Å². The van der Waals surface area contributed by atoms with Crippen LogP contribution in [-0.4, -0.2) is 30.2 Å². The van der Waals surface area contributed by atoms with Gasteiger partial charge in [-0.1, -0.05) is 6.07 Å². The molecule has 0 bridgehead atoms. The number of anilines is 1. The van der Waals surface area contributed by atoms with E-state index in [-0.39, 0.29) is 5.82 Å². The van der Waals surface area contributed by atoms with Gasteiger partial charge in [-0.2, -0.15) is 0 Å². The highest BCUT2D eigenvalue weighted by molar-refractivity contribution is 7.92. The number of rotatable bonds is 5. The van der Waals surface area contributed by atoms with Crippen molar-refractivity contribution in [3.05, 3.63) is 23.9 Å². The largest absolute Gasteiger partial charge is 0.481 e. The summed E-state index contributed by atoms with van der Waals surface area (Å²) in [6, 6.07) is 4.90. The van der Waals surface area contributed by atoms with Crippen LogP contribution in [0.3, 0.4) is 0 Å². The first-order chi connectivity index (χ1) is 7.39. The molecule has 0 atom stereocenters. The van der Waals surface area contributed by atoms with E-state index < -0.39 is 28.2 Å². The Kier molecular flexibility index (Phi) is 3.83. The zero-order valence-corrected chi connectivity index (χ0v) is 9.49. The summed E-state index contributed by atoms with van der Waals surface area (Å²) in [7, 11) is -3.64. The third-order valence-electron chi connectivity index (χ3n) is 1.73. The number of aliphatic carboxylic acids is 1. The van der Waals surface area contributed by atoms with Crippen molar-refractivity contribution in [2.45, 2.75) is 13.3 Å². The molecule has 0 aliphatic carbocycles. The van der Waals surface area contributed by atoms with Gasteiger partial charge in [0.15, 0.2) is 0 Å². The SMILES string of the molecule is Cc1cccc(NS(=O)(=O)CCC(=O)O)n1. The number of carboxylic acid groups (broad SMARTS) is 1. The number of nitrogens with zero attached hydrogens (tertiary/aromatic N) is 1. The van der Waals surface area contributed by atoms with Crippen LogP contribution in [-0.2, 0) is 14.8 Å². The molecule has 0 amide bonds. The van der Waals surface area contributed by atoms with Crippen LogP contribution in [0.25, 0.3) is 0 Å². The van der Waals surface area contributed by atoms with E-state index in [1.54, 1.807) is 19.1 Å². The number of carboxylic acids is 1. The van der Waals surface area contributed by atoms with Gasteiger partial charge in [0, 0.05) is 5.69 Å².